The molecule has 0 bridgehead atoms. The fourth-order valence-electron chi connectivity index (χ4n) is 3.14. The van der Waals surface area contributed by atoms with Gasteiger partial charge in [0.15, 0.2) is 5.65 Å². The Hall–Kier alpha value is -3.58. The lowest BCUT2D eigenvalue weighted by Crippen LogP contribution is -2.11. The van der Waals surface area contributed by atoms with Crippen molar-refractivity contribution in [2.24, 2.45) is 0 Å². The fraction of sp³-hybridized carbons (Fsp3) is 0.217. The van der Waals surface area contributed by atoms with Crippen LogP contribution in [0.2, 0.25) is 0 Å². The third-order valence-corrected chi connectivity index (χ3v) is 4.70. The van der Waals surface area contributed by atoms with Gasteiger partial charge in [0.2, 0.25) is 5.95 Å². The van der Waals surface area contributed by atoms with Crippen molar-refractivity contribution < 1.29 is 9.47 Å². The zero-order chi connectivity index (χ0) is 20.8. The number of aromatic nitrogens is 3. The maximum Gasteiger partial charge on any atom is 0.247 e. The van der Waals surface area contributed by atoms with Gasteiger partial charge in [-0.25, -0.2) is 4.52 Å². The third-order valence-electron chi connectivity index (χ3n) is 4.70. The Kier molecular flexibility index (Phi) is 6.10. The highest BCUT2D eigenvalue weighted by Crippen LogP contribution is 2.24. The summed E-state index contributed by atoms with van der Waals surface area (Å²) in [5.74, 6) is 2.21. The molecule has 0 atom stereocenters. The number of ether oxygens (including phenoxy) is 2. The highest BCUT2D eigenvalue weighted by molar-refractivity contribution is 5.65. The number of benzene rings is 2. The minimum Gasteiger partial charge on any atom is -0.497 e. The molecule has 0 saturated carbocycles. The molecule has 154 valence electrons. The standard InChI is InChI=1S/C23H25N5O2/c1-24-15-4-16-30-20-13-9-18(10-14-20)25-23-26-22-6-3-5-21(28(22)27-23)17-7-11-19(29-2)12-8-17/h3,5-14,24H,4,15-16H2,1-2H3,(H,25,27). The van der Waals surface area contributed by atoms with Gasteiger partial charge in [-0.05, 0) is 80.7 Å². The normalized spacial score (nSPS) is 10.9. The highest BCUT2D eigenvalue weighted by atomic mass is 16.5. The second kappa shape index (κ2) is 9.28. The molecule has 4 rings (SSSR count). The monoisotopic (exact) mass is 403 g/mol. The number of nitrogens with zero attached hydrogens (tertiary/aromatic N) is 3. The van der Waals surface area contributed by atoms with Crippen molar-refractivity contribution in [3.05, 3.63) is 66.7 Å². The van der Waals surface area contributed by atoms with E-state index in [4.69, 9.17) is 9.47 Å². The third kappa shape index (κ3) is 4.52. The number of hydrogen-bond donors (Lipinski definition) is 2. The molecule has 0 spiro atoms. The van der Waals surface area contributed by atoms with Gasteiger partial charge in [-0.3, -0.25) is 0 Å². The Morgan fingerprint density at radius 1 is 0.933 bits per heavy atom. The number of pyridine rings is 1. The SMILES string of the molecule is CNCCCOc1ccc(Nc2nc3cccc(-c4ccc(OC)cc4)n3n2)cc1. The first-order valence-corrected chi connectivity index (χ1v) is 9.91. The molecule has 0 saturated heterocycles. The van der Waals surface area contributed by atoms with Crippen LogP contribution in [0.4, 0.5) is 11.6 Å². The molecule has 7 nitrogen and oxygen atoms in total. The van der Waals surface area contributed by atoms with Gasteiger partial charge in [-0.15, -0.1) is 5.10 Å². The molecule has 2 aromatic carbocycles. The molecule has 0 aliphatic carbocycles. The number of hydrogen-bond acceptors (Lipinski definition) is 6. The Morgan fingerprint density at radius 3 is 2.43 bits per heavy atom. The first kappa shape index (κ1) is 19.7. The zero-order valence-corrected chi connectivity index (χ0v) is 17.1. The molecule has 7 heteroatoms. The van der Waals surface area contributed by atoms with E-state index in [9.17, 15) is 0 Å². The number of anilines is 2. The van der Waals surface area contributed by atoms with Crippen LogP contribution >= 0.6 is 0 Å². The van der Waals surface area contributed by atoms with E-state index in [2.05, 4.69) is 20.7 Å². The fourth-order valence-corrected chi connectivity index (χ4v) is 3.14. The molecule has 0 amide bonds. The number of methoxy groups -OCH3 is 1. The molecule has 0 unspecified atom stereocenters. The van der Waals surface area contributed by atoms with E-state index in [0.29, 0.717) is 12.6 Å². The van der Waals surface area contributed by atoms with Gasteiger partial charge in [-0.2, -0.15) is 4.98 Å². The average molecular weight is 403 g/mol. The van der Waals surface area contributed by atoms with Gasteiger partial charge in [-0.1, -0.05) is 6.07 Å². The van der Waals surface area contributed by atoms with Crippen LogP contribution in [0.25, 0.3) is 16.9 Å². The molecule has 4 aromatic rings. The topological polar surface area (TPSA) is 72.7 Å². The van der Waals surface area contributed by atoms with E-state index in [1.54, 1.807) is 7.11 Å². The Balaban J connectivity index is 1.50. The van der Waals surface area contributed by atoms with Crippen molar-refractivity contribution in [3.63, 3.8) is 0 Å². The van der Waals surface area contributed by atoms with Crippen LogP contribution in [0.1, 0.15) is 6.42 Å². The van der Waals surface area contributed by atoms with Crippen LogP contribution in [-0.4, -0.2) is 41.9 Å². The quantitative estimate of drug-likeness (QED) is 0.409. The molecule has 2 N–H and O–H groups in total. The number of fused-ring (bicyclic) bond motifs is 1. The van der Waals surface area contributed by atoms with Gasteiger partial charge in [0.1, 0.15) is 11.5 Å². The van der Waals surface area contributed by atoms with Crippen LogP contribution in [0.15, 0.2) is 66.7 Å². The first-order chi connectivity index (χ1) is 14.8. The Morgan fingerprint density at radius 2 is 1.70 bits per heavy atom. The largest absolute Gasteiger partial charge is 0.497 e. The van der Waals surface area contributed by atoms with E-state index in [-0.39, 0.29) is 0 Å². The molecule has 0 radical (unpaired) electrons. The minimum absolute atomic E-state index is 0.540. The van der Waals surface area contributed by atoms with Crippen LogP contribution in [0, 0.1) is 0 Å². The first-order valence-electron chi connectivity index (χ1n) is 9.91. The predicted molar refractivity (Wildman–Crippen MR) is 119 cm³/mol. The predicted octanol–water partition coefficient (Wildman–Crippen LogP) is 4.14. The maximum atomic E-state index is 5.73. The lowest BCUT2D eigenvalue weighted by atomic mass is 10.1. The highest BCUT2D eigenvalue weighted by Gasteiger charge is 2.09. The molecule has 30 heavy (non-hydrogen) atoms. The molecule has 2 aromatic heterocycles. The molecule has 0 aliphatic heterocycles. The summed E-state index contributed by atoms with van der Waals surface area (Å²) in [4.78, 5) is 4.60. The van der Waals surface area contributed by atoms with E-state index < -0.39 is 0 Å². The lowest BCUT2D eigenvalue weighted by molar-refractivity contribution is 0.310. The van der Waals surface area contributed by atoms with Gasteiger partial charge in [0.25, 0.3) is 0 Å². The summed E-state index contributed by atoms with van der Waals surface area (Å²) in [6.07, 6.45) is 0.970. The van der Waals surface area contributed by atoms with E-state index >= 15 is 0 Å². The Labute approximate surface area is 175 Å². The summed E-state index contributed by atoms with van der Waals surface area (Å²) in [5.41, 5.74) is 3.67. The lowest BCUT2D eigenvalue weighted by Gasteiger charge is -2.07. The van der Waals surface area contributed by atoms with E-state index in [1.807, 2.05) is 78.3 Å². The molecule has 2 heterocycles. The molecule has 0 aliphatic rings. The Bertz CT molecular complexity index is 1090. The second-order valence-corrected chi connectivity index (χ2v) is 6.80. The second-order valence-electron chi connectivity index (χ2n) is 6.80. The summed E-state index contributed by atoms with van der Waals surface area (Å²) >= 11 is 0. The van der Waals surface area contributed by atoms with Crippen molar-refractivity contribution in [2.75, 3.05) is 32.6 Å². The molecular weight excluding hydrogens is 378 g/mol. The van der Waals surface area contributed by atoms with Crippen LogP contribution in [0.3, 0.4) is 0 Å². The van der Waals surface area contributed by atoms with Gasteiger partial charge >= 0.3 is 0 Å². The van der Waals surface area contributed by atoms with Gasteiger partial charge in [0, 0.05) is 11.3 Å². The van der Waals surface area contributed by atoms with Crippen molar-refractivity contribution in [3.8, 4) is 22.8 Å². The summed E-state index contributed by atoms with van der Waals surface area (Å²) < 4.78 is 12.8. The average Bonchev–Trinajstić information content (AvgIpc) is 3.20. The number of nitrogens with one attached hydrogen (secondary N) is 2. The van der Waals surface area contributed by atoms with Crippen molar-refractivity contribution in [2.45, 2.75) is 6.42 Å². The van der Waals surface area contributed by atoms with Crippen LogP contribution in [0.5, 0.6) is 11.5 Å². The zero-order valence-electron chi connectivity index (χ0n) is 17.1. The smallest absolute Gasteiger partial charge is 0.247 e. The van der Waals surface area contributed by atoms with E-state index in [0.717, 1.165) is 47.1 Å². The summed E-state index contributed by atoms with van der Waals surface area (Å²) in [6, 6.07) is 21.6. The minimum atomic E-state index is 0.540. The number of rotatable bonds is 9. The summed E-state index contributed by atoms with van der Waals surface area (Å²) in [6.45, 7) is 1.63. The van der Waals surface area contributed by atoms with Gasteiger partial charge < -0.3 is 20.1 Å². The van der Waals surface area contributed by atoms with Crippen molar-refractivity contribution in [1.82, 2.24) is 19.9 Å². The summed E-state index contributed by atoms with van der Waals surface area (Å²) in [5, 5.41) is 11.0. The van der Waals surface area contributed by atoms with Crippen molar-refractivity contribution >= 4 is 17.3 Å². The van der Waals surface area contributed by atoms with Crippen molar-refractivity contribution in [1.29, 1.82) is 0 Å². The molecule has 0 fully saturated rings. The maximum absolute atomic E-state index is 5.73. The van der Waals surface area contributed by atoms with Gasteiger partial charge in [0.05, 0.1) is 19.4 Å². The molecular formula is C23H25N5O2. The van der Waals surface area contributed by atoms with E-state index in [1.165, 1.54) is 0 Å². The van der Waals surface area contributed by atoms with Crippen LogP contribution < -0.4 is 20.1 Å². The van der Waals surface area contributed by atoms with Crippen LogP contribution in [-0.2, 0) is 0 Å². The summed E-state index contributed by atoms with van der Waals surface area (Å²) in [7, 11) is 3.60.